The van der Waals surface area contributed by atoms with Crippen LogP contribution in [0.1, 0.15) is 34.6 Å². The Hall–Kier alpha value is -0.590. The summed E-state index contributed by atoms with van der Waals surface area (Å²) in [4.78, 5) is 0. The minimum absolute atomic E-state index is 0.331. The first-order valence-corrected chi connectivity index (χ1v) is 4.53. The standard InChI is InChI=1S/C10H20N2O/c1-8(2)12-9(3,4)10(5,7-11)13-6/h8,12H,1-6H3. The molecule has 0 spiro atoms. The molecule has 3 nitrogen and oxygen atoms in total. The van der Waals surface area contributed by atoms with Gasteiger partial charge in [-0.1, -0.05) is 13.8 Å². The Labute approximate surface area is 81.1 Å². The first-order chi connectivity index (χ1) is 5.79. The molecule has 0 radical (unpaired) electrons. The molecule has 13 heavy (non-hydrogen) atoms. The number of hydrogen-bond acceptors (Lipinski definition) is 3. The molecule has 0 amide bonds. The molecule has 0 saturated carbocycles. The second kappa shape index (κ2) is 4.08. The first-order valence-electron chi connectivity index (χ1n) is 4.53. The van der Waals surface area contributed by atoms with Crippen LogP contribution in [0.15, 0.2) is 0 Å². The Morgan fingerprint density at radius 1 is 1.31 bits per heavy atom. The van der Waals surface area contributed by atoms with Crippen molar-refractivity contribution in [1.82, 2.24) is 5.32 Å². The van der Waals surface area contributed by atoms with Crippen molar-refractivity contribution in [2.24, 2.45) is 0 Å². The second-order valence-electron chi connectivity index (χ2n) is 4.27. The molecule has 0 aliphatic carbocycles. The lowest BCUT2D eigenvalue weighted by molar-refractivity contribution is -0.0168. The van der Waals surface area contributed by atoms with Crippen LogP contribution >= 0.6 is 0 Å². The van der Waals surface area contributed by atoms with E-state index in [0.29, 0.717) is 6.04 Å². The molecule has 1 unspecified atom stereocenters. The van der Waals surface area contributed by atoms with Gasteiger partial charge in [-0.25, -0.2) is 0 Å². The molecule has 76 valence electrons. The van der Waals surface area contributed by atoms with Gasteiger partial charge in [0.05, 0.1) is 11.6 Å². The van der Waals surface area contributed by atoms with Crippen LogP contribution in [0, 0.1) is 11.3 Å². The number of hydrogen-bond donors (Lipinski definition) is 1. The van der Waals surface area contributed by atoms with Crippen molar-refractivity contribution >= 4 is 0 Å². The van der Waals surface area contributed by atoms with Crippen molar-refractivity contribution in [2.45, 2.75) is 51.8 Å². The molecule has 0 rings (SSSR count). The molecule has 0 bridgehead atoms. The summed E-state index contributed by atoms with van der Waals surface area (Å²) >= 11 is 0. The van der Waals surface area contributed by atoms with E-state index in [1.54, 1.807) is 14.0 Å². The van der Waals surface area contributed by atoms with Crippen LogP contribution in [0.2, 0.25) is 0 Å². The lowest BCUT2D eigenvalue weighted by atomic mass is 9.84. The minimum Gasteiger partial charge on any atom is -0.362 e. The van der Waals surface area contributed by atoms with Gasteiger partial charge in [0.15, 0.2) is 5.60 Å². The van der Waals surface area contributed by atoms with Crippen LogP contribution in [0.4, 0.5) is 0 Å². The van der Waals surface area contributed by atoms with Gasteiger partial charge in [-0.05, 0) is 20.8 Å². The normalized spacial score (nSPS) is 16.8. The fraction of sp³-hybridized carbons (Fsp3) is 0.900. The molecule has 1 N–H and O–H groups in total. The van der Waals surface area contributed by atoms with Gasteiger partial charge in [-0.15, -0.1) is 0 Å². The highest BCUT2D eigenvalue weighted by Crippen LogP contribution is 2.24. The molecule has 3 heteroatoms. The largest absolute Gasteiger partial charge is 0.362 e. The number of nitrogens with zero attached hydrogens (tertiary/aromatic N) is 1. The Morgan fingerprint density at radius 2 is 1.77 bits per heavy atom. The van der Waals surface area contributed by atoms with Crippen molar-refractivity contribution in [2.75, 3.05) is 7.11 Å². The van der Waals surface area contributed by atoms with Crippen molar-refractivity contribution in [3.8, 4) is 6.07 Å². The smallest absolute Gasteiger partial charge is 0.168 e. The fourth-order valence-electron chi connectivity index (χ4n) is 1.30. The van der Waals surface area contributed by atoms with Crippen LogP contribution < -0.4 is 5.32 Å². The van der Waals surface area contributed by atoms with Gasteiger partial charge >= 0.3 is 0 Å². The summed E-state index contributed by atoms with van der Waals surface area (Å²) in [6, 6.07) is 2.52. The Bertz CT molecular complexity index is 205. The summed E-state index contributed by atoms with van der Waals surface area (Å²) in [5, 5.41) is 12.3. The van der Waals surface area contributed by atoms with E-state index in [9.17, 15) is 0 Å². The summed E-state index contributed by atoms with van der Waals surface area (Å²) in [5.41, 5.74) is -1.15. The van der Waals surface area contributed by atoms with Crippen LogP contribution in [0.3, 0.4) is 0 Å². The number of rotatable bonds is 4. The van der Waals surface area contributed by atoms with Crippen LogP contribution in [0.5, 0.6) is 0 Å². The maximum Gasteiger partial charge on any atom is 0.168 e. The summed E-state index contributed by atoms with van der Waals surface area (Å²) < 4.78 is 5.23. The summed E-state index contributed by atoms with van der Waals surface area (Å²) in [6.45, 7) is 9.84. The minimum atomic E-state index is -0.794. The predicted molar refractivity (Wildman–Crippen MR) is 53.4 cm³/mol. The second-order valence-corrected chi connectivity index (χ2v) is 4.27. The number of nitrogens with one attached hydrogen (secondary N) is 1. The zero-order valence-corrected chi connectivity index (χ0v) is 9.43. The van der Waals surface area contributed by atoms with E-state index in [0.717, 1.165) is 0 Å². The molecule has 0 fully saturated rings. The molecular weight excluding hydrogens is 164 g/mol. The molecule has 0 aromatic heterocycles. The van der Waals surface area contributed by atoms with Gasteiger partial charge in [0, 0.05) is 13.2 Å². The van der Waals surface area contributed by atoms with Crippen molar-refractivity contribution in [3.63, 3.8) is 0 Å². The third-order valence-electron chi connectivity index (χ3n) is 2.46. The predicted octanol–water partition coefficient (Wildman–Crippen LogP) is 1.69. The van der Waals surface area contributed by atoms with E-state index in [1.807, 2.05) is 13.8 Å². The molecular formula is C10H20N2O. The van der Waals surface area contributed by atoms with E-state index < -0.39 is 5.60 Å². The van der Waals surface area contributed by atoms with Gasteiger partial charge in [0.2, 0.25) is 0 Å². The zero-order chi connectivity index (χ0) is 10.7. The summed E-state index contributed by atoms with van der Waals surface area (Å²) in [5.74, 6) is 0. The lowest BCUT2D eigenvalue weighted by Crippen LogP contribution is -2.59. The zero-order valence-electron chi connectivity index (χ0n) is 9.43. The van der Waals surface area contributed by atoms with Crippen LogP contribution in [-0.2, 0) is 4.74 Å². The Morgan fingerprint density at radius 3 is 2.00 bits per heavy atom. The lowest BCUT2D eigenvalue weighted by Gasteiger charge is -2.39. The van der Waals surface area contributed by atoms with E-state index in [-0.39, 0.29) is 5.54 Å². The van der Waals surface area contributed by atoms with Crippen LogP contribution in [-0.4, -0.2) is 24.3 Å². The summed E-state index contributed by atoms with van der Waals surface area (Å²) in [7, 11) is 1.56. The molecule has 0 heterocycles. The first kappa shape index (κ1) is 12.4. The summed E-state index contributed by atoms with van der Waals surface area (Å²) in [6.07, 6.45) is 0. The fourth-order valence-corrected chi connectivity index (χ4v) is 1.30. The highest BCUT2D eigenvalue weighted by molar-refractivity contribution is 5.12. The van der Waals surface area contributed by atoms with E-state index in [4.69, 9.17) is 10.00 Å². The number of methoxy groups -OCH3 is 1. The topological polar surface area (TPSA) is 45.0 Å². The SMILES string of the molecule is COC(C)(C#N)C(C)(C)NC(C)C. The highest BCUT2D eigenvalue weighted by atomic mass is 16.5. The molecule has 1 atom stereocenters. The van der Waals surface area contributed by atoms with Crippen molar-refractivity contribution in [3.05, 3.63) is 0 Å². The van der Waals surface area contributed by atoms with Gasteiger partial charge in [-0.2, -0.15) is 5.26 Å². The maximum absolute atomic E-state index is 9.02. The average Bonchev–Trinajstić information content (AvgIpc) is 2.00. The quantitative estimate of drug-likeness (QED) is 0.723. The number of ether oxygens (including phenoxy) is 1. The number of nitriles is 1. The molecule has 0 aliphatic heterocycles. The van der Waals surface area contributed by atoms with E-state index in [1.165, 1.54) is 0 Å². The van der Waals surface area contributed by atoms with Gasteiger partial charge in [0.1, 0.15) is 0 Å². The third kappa shape index (κ3) is 2.68. The molecule has 0 aromatic carbocycles. The third-order valence-corrected chi connectivity index (χ3v) is 2.46. The van der Waals surface area contributed by atoms with Gasteiger partial charge < -0.3 is 10.1 Å². The van der Waals surface area contributed by atoms with Crippen LogP contribution in [0.25, 0.3) is 0 Å². The molecule has 0 saturated heterocycles. The van der Waals surface area contributed by atoms with Crippen molar-refractivity contribution in [1.29, 1.82) is 5.26 Å². The van der Waals surface area contributed by atoms with E-state index in [2.05, 4.69) is 25.2 Å². The maximum atomic E-state index is 9.02. The Balaban J connectivity index is 4.70. The van der Waals surface area contributed by atoms with Crippen molar-refractivity contribution < 1.29 is 4.74 Å². The monoisotopic (exact) mass is 184 g/mol. The van der Waals surface area contributed by atoms with E-state index >= 15 is 0 Å². The van der Waals surface area contributed by atoms with Gasteiger partial charge in [-0.3, -0.25) is 0 Å². The average molecular weight is 184 g/mol. The highest BCUT2D eigenvalue weighted by Gasteiger charge is 2.41. The molecule has 0 aromatic rings. The van der Waals surface area contributed by atoms with Gasteiger partial charge in [0.25, 0.3) is 0 Å². The Kier molecular flexibility index (Phi) is 3.89. The molecule has 0 aliphatic rings.